The molecule has 8 nitrogen and oxygen atoms in total. The largest absolute Gasteiger partial charge is 0.468 e. The van der Waals surface area contributed by atoms with Crippen molar-refractivity contribution >= 4 is 5.52 Å². The zero-order valence-electron chi connectivity index (χ0n) is 16.0. The number of hydrogen-bond donors (Lipinski definition) is 0. The first kappa shape index (κ1) is 17.9. The van der Waals surface area contributed by atoms with Crippen molar-refractivity contribution in [2.45, 2.75) is 6.61 Å². The molecule has 2 aromatic carbocycles. The van der Waals surface area contributed by atoms with Gasteiger partial charge in [-0.3, -0.25) is 4.68 Å². The first-order valence-electron chi connectivity index (χ1n) is 9.23. The van der Waals surface area contributed by atoms with Gasteiger partial charge in [0.25, 0.3) is 0 Å². The fourth-order valence-corrected chi connectivity index (χ4v) is 3.24. The average Bonchev–Trinajstić information content (AvgIpc) is 3.36. The SMILES string of the molecule is Cn1ncnc1COc1nn2c(-c3ccccc3F)nncc2c1-c1ccccc1. The third-order valence-corrected chi connectivity index (χ3v) is 4.74. The molecule has 0 atom stereocenters. The van der Waals surface area contributed by atoms with Gasteiger partial charge in [-0.15, -0.1) is 10.2 Å². The third-order valence-electron chi connectivity index (χ3n) is 4.74. The Labute approximate surface area is 170 Å². The number of fused-ring (bicyclic) bond motifs is 1. The quantitative estimate of drug-likeness (QED) is 0.449. The van der Waals surface area contributed by atoms with Gasteiger partial charge in [0, 0.05) is 7.05 Å². The maximum atomic E-state index is 14.5. The van der Waals surface area contributed by atoms with E-state index in [0.717, 1.165) is 11.1 Å². The van der Waals surface area contributed by atoms with Gasteiger partial charge in [-0.1, -0.05) is 42.5 Å². The van der Waals surface area contributed by atoms with Crippen LogP contribution in [0.3, 0.4) is 0 Å². The number of aryl methyl sites for hydroxylation is 1. The minimum atomic E-state index is -0.405. The highest BCUT2D eigenvalue weighted by Crippen LogP contribution is 2.35. The van der Waals surface area contributed by atoms with E-state index < -0.39 is 5.82 Å². The highest BCUT2D eigenvalue weighted by molar-refractivity contribution is 5.85. The average molecular weight is 401 g/mol. The zero-order chi connectivity index (χ0) is 20.5. The number of nitrogens with zero attached hydrogens (tertiary/aromatic N) is 7. The van der Waals surface area contributed by atoms with E-state index >= 15 is 0 Å². The van der Waals surface area contributed by atoms with Gasteiger partial charge in [-0.2, -0.15) is 10.2 Å². The maximum absolute atomic E-state index is 14.5. The Morgan fingerprint density at radius 1 is 1.03 bits per heavy atom. The number of hydrogen-bond acceptors (Lipinski definition) is 6. The van der Waals surface area contributed by atoms with Crippen molar-refractivity contribution in [2.75, 3.05) is 0 Å². The summed E-state index contributed by atoms with van der Waals surface area (Å²) >= 11 is 0. The van der Waals surface area contributed by atoms with Gasteiger partial charge in [0.2, 0.25) is 5.88 Å². The van der Waals surface area contributed by atoms with E-state index in [1.807, 2.05) is 30.3 Å². The van der Waals surface area contributed by atoms with Gasteiger partial charge < -0.3 is 4.74 Å². The predicted molar refractivity (Wildman–Crippen MR) is 107 cm³/mol. The Morgan fingerprint density at radius 3 is 2.60 bits per heavy atom. The lowest BCUT2D eigenvalue weighted by molar-refractivity contribution is 0.278. The third kappa shape index (κ3) is 3.06. The molecule has 0 aliphatic rings. The smallest absolute Gasteiger partial charge is 0.242 e. The number of rotatable bonds is 5. The lowest BCUT2D eigenvalue weighted by Crippen LogP contribution is -2.05. The van der Waals surface area contributed by atoms with Crippen molar-refractivity contribution in [3.63, 3.8) is 0 Å². The summed E-state index contributed by atoms with van der Waals surface area (Å²) in [5.74, 6) is 0.905. The summed E-state index contributed by atoms with van der Waals surface area (Å²) in [6.07, 6.45) is 3.06. The standard InChI is InChI=1S/C21H16FN7O/c1-28-18(23-13-25-28)12-30-21-19(14-7-3-2-4-8-14)17-11-24-26-20(29(17)27-21)15-9-5-6-10-16(15)22/h2-11,13H,12H2,1H3. The Bertz CT molecular complexity index is 1330. The first-order valence-corrected chi connectivity index (χ1v) is 9.23. The molecule has 0 spiro atoms. The predicted octanol–water partition coefficient (Wildman–Crippen LogP) is 3.30. The second-order valence-electron chi connectivity index (χ2n) is 6.58. The van der Waals surface area contributed by atoms with Gasteiger partial charge in [0.15, 0.2) is 11.6 Å². The Morgan fingerprint density at radius 2 is 1.83 bits per heavy atom. The summed E-state index contributed by atoms with van der Waals surface area (Å²) in [6, 6.07) is 16.1. The molecule has 0 N–H and O–H groups in total. The molecule has 0 aliphatic carbocycles. The molecule has 0 bridgehead atoms. The minimum Gasteiger partial charge on any atom is -0.468 e. The van der Waals surface area contributed by atoms with E-state index in [0.29, 0.717) is 22.8 Å². The summed E-state index contributed by atoms with van der Waals surface area (Å²) in [7, 11) is 1.79. The van der Waals surface area contributed by atoms with Crippen LogP contribution in [0.2, 0.25) is 0 Å². The Kier molecular flexibility index (Phi) is 4.40. The molecule has 0 unspecified atom stereocenters. The molecular formula is C21H16FN7O. The van der Waals surface area contributed by atoms with Crippen LogP contribution >= 0.6 is 0 Å². The van der Waals surface area contributed by atoms with Gasteiger partial charge in [-0.05, 0) is 17.7 Å². The molecule has 3 heterocycles. The van der Waals surface area contributed by atoms with Crippen molar-refractivity contribution in [2.24, 2.45) is 7.05 Å². The fourth-order valence-electron chi connectivity index (χ4n) is 3.24. The fraction of sp³-hybridized carbons (Fsp3) is 0.0952. The molecule has 0 saturated heterocycles. The van der Waals surface area contributed by atoms with Crippen LogP contribution in [0.5, 0.6) is 5.88 Å². The first-order chi connectivity index (χ1) is 14.7. The monoisotopic (exact) mass is 401 g/mol. The van der Waals surface area contributed by atoms with Crippen LogP contribution in [-0.2, 0) is 13.7 Å². The molecule has 5 aromatic rings. The molecular weight excluding hydrogens is 385 g/mol. The lowest BCUT2D eigenvalue weighted by Gasteiger charge is -2.05. The van der Waals surface area contributed by atoms with Crippen LogP contribution in [0.4, 0.5) is 4.39 Å². The van der Waals surface area contributed by atoms with Crippen LogP contribution in [0.15, 0.2) is 67.1 Å². The molecule has 0 amide bonds. The van der Waals surface area contributed by atoms with Gasteiger partial charge in [-0.25, -0.2) is 13.9 Å². The van der Waals surface area contributed by atoms with Gasteiger partial charge in [0.05, 0.1) is 17.3 Å². The highest BCUT2D eigenvalue weighted by atomic mass is 19.1. The van der Waals surface area contributed by atoms with E-state index in [9.17, 15) is 4.39 Å². The number of aromatic nitrogens is 7. The summed E-state index contributed by atoms with van der Waals surface area (Å²) in [5, 5.41) is 16.9. The Balaban J connectivity index is 1.69. The van der Waals surface area contributed by atoms with Gasteiger partial charge in [0.1, 0.15) is 24.3 Å². The Hall–Kier alpha value is -4.14. The van der Waals surface area contributed by atoms with Crippen molar-refractivity contribution in [1.29, 1.82) is 0 Å². The van der Waals surface area contributed by atoms with E-state index in [4.69, 9.17) is 4.74 Å². The molecule has 3 aromatic heterocycles. The van der Waals surface area contributed by atoms with Crippen LogP contribution in [-0.4, -0.2) is 34.6 Å². The van der Waals surface area contributed by atoms with Crippen molar-refractivity contribution < 1.29 is 9.13 Å². The molecule has 30 heavy (non-hydrogen) atoms. The molecule has 5 rings (SSSR count). The number of ether oxygens (including phenoxy) is 1. The molecule has 0 fully saturated rings. The van der Waals surface area contributed by atoms with E-state index in [2.05, 4.69) is 25.4 Å². The summed E-state index contributed by atoms with van der Waals surface area (Å²) < 4.78 is 23.7. The number of benzene rings is 2. The van der Waals surface area contributed by atoms with Gasteiger partial charge >= 0.3 is 0 Å². The van der Waals surface area contributed by atoms with E-state index in [1.165, 1.54) is 12.4 Å². The van der Waals surface area contributed by atoms with Crippen molar-refractivity contribution in [1.82, 2.24) is 34.6 Å². The maximum Gasteiger partial charge on any atom is 0.242 e. The highest BCUT2D eigenvalue weighted by Gasteiger charge is 2.21. The van der Waals surface area contributed by atoms with Crippen molar-refractivity contribution in [3.8, 4) is 28.4 Å². The molecule has 0 aliphatic heterocycles. The van der Waals surface area contributed by atoms with Crippen LogP contribution in [0, 0.1) is 5.82 Å². The molecule has 0 saturated carbocycles. The zero-order valence-corrected chi connectivity index (χ0v) is 16.0. The van der Waals surface area contributed by atoms with Crippen LogP contribution in [0.25, 0.3) is 28.0 Å². The van der Waals surface area contributed by atoms with Crippen LogP contribution < -0.4 is 4.74 Å². The summed E-state index contributed by atoms with van der Waals surface area (Å²) in [5.41, 5.74) is 2.60. The molecule has 0 radical (unpaired) electrons. The summed E-state index contributed by atoms with van der Waals surface area (Å²) in [4.78, 5) is 4.18. The van der Waals surface area contributed by atoms with Crippen LogP contribution in [0.1, 0.15) is 5.82 Å². The second-order valence-corrected chi connectivity index (χ2v) is 6.58. The van der Waals surface area contributed by atoms with Crippen molar-refractivity contribution in [3.05, 3.63) is 78.8 Å². The second kappa shape index (κ2) is 7.36. The van der Waals surface area contributed by atoms with E-state index in [1.54, 1.807) is 40.6 Å². The minimum absolute atomic E-state index is 0.177. The lowest BCUT2D eigenvalue weighted by atomic mass is 10.1. The number of halogens is 1. The molecule has 148 valence electrons. The normalized spacial score (nSPS) is 11.1. The molecule has 9 heteroatoms. The summed E-state index contributed by atoms with van der Waals surface area (Å²) in [6.45, 7) is 0.177. The topological polar surface area (TPSA) is 83.0 Å². The van der Waals surface area contributed by atoms with E-state index in [-0.39, 0.29) is 12.4 Å².